The van der Waals surface area contributed by atoms with Crippen LogP contribution in [0, 0.1) is 0 Å². The topological polar surface area (TPSA) is 109 Å². The van der Waals surface area contributed by atoms with Crippen molar-refractivity contribution in [1.82, 2.24) is 15.5 Å². The molecule has 1 heterocycles. The number of guanidine groups is 1. The molecule has 1 saturated heterocycles. The summed E-state index contributed by atoms with van der Waals surface area (Å²) in [5, 5.41) is 6.13. The molecule has 0 radical (unpaired) electrons. The number of piperidine rings is 1. The van der Waals surface area contributed by atoms with Crippen molar-refractivity contribution >= 4 is 18.0 Å². The Kier molecular flexibility index (Phi) is 9.27. The summed E-state index contributed by atoms with van der Waals surface area (Å²) in [6.45, 7) is 6.71. The number of carbonyl (C=O) groups excluding carboxylic acids is 2. The number of nitrogens with two attached hydrogens (primary N) is 1. The highest BCUT2D eigenvalue weighted by molar-refractivity contribution is 5.94. The first-order chi connectivity index (χ1) is 14.0. The van der Waals surface area contributed by atoms with Crippen LogP contribution in [0.1, 0.15) is 55.5 Å². The van der Waals surface area contributed by atoms with Gasteiger partial charge in [-0.05, 0) is 43.9 Å². The van der Waals surface area contributed by atoms with Crippen LogP contribution in [0.5, 0.6) is 0 Å². The zero-order valence-corrected chi connectivity index (χ0v) is 17.4. The maximum atomic E-state index is 12.0. The average molecular weight is 404 g/mol. The molecule has 0 spiro atoms. The molecule has 0 unspecified atom stereocenters. The number of nitrogens with one attached hydrogen (secondary N) is 2. The molecule has 29 heavy (non-hydrogen) atoms. The van der Waals surface area contributed by atoms with E-state index >= 15 is 0 Å². The zero-order chi connectivity index (χ0) is 21.1. The molecule has 2 amide bonds. The molecule has 1 aliphatic heterocycles. The van der Waals surface area contributed by atoms with Crippen LogP contribution in [0.3, 0.4) is 0 Å². The molecule has 0 aliphatic carbocycles. The van der Waals surface area contributed by atoms with E-state index in [-0.39, 0.29) is 18.0 Å². The van der Waals surface area contributed by atoms with Crippen molar-refractivity contribution in [2.24, 2.45) is 10.7 Å². The van der Waals surface area contributed by atoms with Crippen LogP contribution in [0.2, 0.25) is 0 Å². The summed E-state index contributed by atoms with van der Waals surface area (Å²) in [6.07, 6.45) is 3.38. The van der Waals surface area contributed by atoms with Gasteiger partial charge in [0, 0.05) is 31.2 Å². The Bertz CT molecular complexity index is 682. The number of hydrogen-bond acceptors (Lipinski definition) is 4. The van der Waals surface area contributed by atoms with E-state index < -0.39 is 0 Å². The smallest absolute Gasteiger partial charge is 0.409 e. The molecule has 1 fully saturated rings. The summed E-state index contributed by atoms with van der Waals surface area (Å²) < 4.78 is 5.03. The Labute approximate surface area is 172 Å². The van der Waals surface area contributed by atoms with Gasteiger partial charge in [-0.2, -0.15) is 0 Å². The van der Waals surface area contributed by atoms with Crippen LogP contribution in [0.25, 0.3) is 0 Å². The molecule has 0 atom stereocenters. The van der Waals surface area contributed by atoms with Crippen LogP contribution >= 0.6 is 0 Å². The monoisotopic (exact) mass is 403 g/mol. The molecule has 0 saturated carbocycles. The van der Waals surface area contributed by atoms with Crippen LogP contribution < -0.4 is 16.4 Å². The van der Waals surface area contributed by atoms with Gasteiger partial charge in [-0.3, -0.25) is 4.79 Å². The van der Waals surface area contributed by atoms with E-state index in [0.717, 1.165) is 31.2 Å². The zero-order valence-electron chi connectivity index (χ0n) is 17.4. The Hall–Kier alpha value is -2.77. The first-order valence-electron chi connectivity index (χ1n) is 10.4. The first kappa shape index (κ1) is 22.5. The number of ether oxygens (including phenoxy) is 1. The number of amides is 2. The van der Waals surface area contributed by atoms with Crippen molar-refractivity contribution in [1.29, 1.82) is 0 Å². The second kappa shape index (κ2) is 11.9. The molecule has 8 nitrogen and oxygen atoms in total. The lowest BCUT2D eigenvalue weighted by molar-refractivity contribution is 0.0948. The highest BCUT2D eigenvalue weighted by Gasteiger charge is 2.23. The van der Waals surface area contributed by atoms with E-state index in [2.05, 4.69) is 22.5 Å². The molecule has 1 aliphatic rings. The van der Waals surface area contributed by atoms with Crippen molar-refractivity contribution in [3.8, 4) is 0 Å². The lowest BCUT2D eigenvalue weighted by atomic mass is 10.1. The number of aliphatic imine (C=N–C) groups is 1. The van der Waals surface area contributed by atoms with E-state index in [1.165, 1.54) is 0 Å². The van der Waals surface area contributed by atoms with Gasteiger partial charge in [-0.25, -0.2) is 9.79 Å². The SMILES string of the molecule is CCCCNC(=O)c1ccc(CN=C(N)NC2CCN(C(=O)OCC)CC2)cc1. The molecular formula is C21H33N5O3. The molecule has 4 N–H and O–H groups in total. The van der Waals surface area contributed by atoms with Gasteiger partial charge >= 0.3 is 6.09 Å². The van der Waals surface area contributed by atoms with Crippen molar-refractivity contribution < 1.29 is 14.3 Å². The van der Waals surface area contributed by atoms with Crippen LogP contribution in [0.15, 0.2) is 29.3 Å². The second-order valence-electron chi connectivity index (χ2n) is 7.11. The van der Waals surface area contributed by atoms with Gasteiger partial charge in [-0.15, -0.1) is 0 Å². The van der Waals surface area contributed by atoms with Crippen LogP contribution in [0.4, 0.5) is 4.79 Å². The van der Waals surface area contributed by atoms with E-state index in [4.69, 9.17) is 10.5 Å². The summed E-state index contributed by atoms with van der Waals surface area (Å²) >= 11 is 0. The van der Waals surface area contributed by atoms with Crippen LogP contribution in [-0.2, 0) is 11.3 Å². The molecule has 0 bridgehead atoms. The molecule has 0 aromatic heterocycles. The molecule has 1 aromatic rings. The highest BCUT2D eigenvalue weighted by Crippen LogP contribution is 2.11. The van der Waals surface area contributed by atoms with Gasteiger partial charge < -0.3 is 26.0 Å². The van der Waals surface area contributed by atoms with Gasteiger partial charge in [0.25, 0.3) is 5.91 Å². The third kappa shape index (κ3) is 7.63. The average Bonchev–Trinajstić information content (AvgIpc) is 2.73. The lowest BCUT2D eigenvalue weighted by Crippen LogP contribution is -2.48. The lowest BCUT2D eigenvalue weighted by Gasteiger charge is -2.31. The minimum absolute atomic E-state index is 0.0520. The molecule has 8 heteroatoms. The maximum absolute atomic E-state index is 12.0. The number of likely N-dealkylation sites (tertiary alicyclic amines) is 1. The second-order valence-corrected chi connectivity index (χ2v) is 7.11. The number of carbonyl (C=O) groups is 2. The van der Waals surface area contributed by atoms with Crippen molar-refractivity contribution in [2.75, 3.05) is 26.2 Å². The summed E-state index contributed by atoms with van der Waals surface area (Å²) in [7, 11) is 0. The summed E-state index contributed by atoms with van der Waals surface area (Å²) in [5.41, 5.74) is 7.64. The third-order valence-electron chi connectivity index (χ3n) is 4.84. The van der Waals surface area contributed by atoms with Gasteiger partial charge in [-0.1, -0.05) is 25.5 Å². The normalized spacial score (nSPS) is 15.1. The van der Waals surface area contributed by atoms with Crippen molar-refractivity contribution in [2.45, 2.75) is 52.1 Å². The molecule has 1 aromatic carbocycles. The fraction of sp³-hybridized carbons (Fsp3) is 0.571. The number of benzene rings is 1. The van der Waals surface area contributed by atoms with Crippen molar-refractivity contribution in [3.05, 3.63) is 35.4 Å². The third-order valence-corrected chi connectivity index (χ3v) is 4.84. The Morgan fingerprint density at radius 1 is 1.21 bits per heavy atom. The number of unbranched alkanes of at least 4 members (excludes halogenated alkanes) is 1. The molecule has 160 valence electrons. The van der Waals surface area contributed by atoms with E-state index in [1.807, 2.05) is 12.1 Å². The number of rotatable bonds is 8. The number of hydrogen-bond donors (Lipinski definition) is 3. The van der Waals surface area contributed by atoms with Crippen LogP contribution in [-0.4, -0.2) is 55.1 Å². The van der Waals surface area contributed by atoms with Gasteiger partial charge in [0.1, 0.15) is 0 Å². The Morgan fingerprint density at radius 2 is 1.90 bits per heavy atom. The molecule has 2 rings (SSSR count). The van der Waals surface area contributed by atoms with E-state index in [9.17, 15) is 9.59 Å². The summed E-state index contributed by atoms with van der Waals surface area (Å²) in [5.74, 6) is 0.338. The van der Waals surface area contributed by atoms with Gasteiger partial charge in [0.15, 0.2) is 5.96 Å². The quantitative estimate of drug-likeness (QED) is 0.350. The summed E-state index contributed by atoms with van der Waals surface area (Å²) in [4.78, 5) is 29.8. The standard InChI is InChI=1S/C21H33N5O3/c1-3-5-12-23-19(27)17-8-6-16(7-9-17)15-24-20(22)25-18-10-13-26(14-11-18)21(28)29-4-2/h6-9,18H,3-5,10-15H2,1-2H3,(H,23,27)(H3,22,24,25). The predicted molar refractivity (Wildman–Crippen MR) is 114 cm³/mol. The van der Waals surface area contributed by atoms with E-state index in [1.54, 1.807) is 24.0 Å². The van der Waals surface area contributed by atoms with E-state index in [0.29, 0.717) is 44.3 Å². The minimum Gasteiger partial charge on any atom is -0.450 e. The van der Waals surface area contributed by atoms with Gasteiger partial charge in [0.2, 0.25) is 0 Å². The largest absolute Gasteiger partial charge is 0.450 e. The van der Waals surface area contributed by atoms with Gasteiger partial charge in [0.05, 0.1) is 13.2 Å². The first-order valence-corrected chi connectivity index (χ1v) is 10.4. The van der Waals surface area contributed by atoms with Crippen molar-refractivity contribution in [3.63, 3.8) is 0 Å². The fourth-order valence-electron chi connectivity index (χ4n) is 3.09. The minimum atomic E-state index is -0.255. The Balaban J connectivity index is 1.75. The predicted octanol–water partition coefficient (Wildman–Crippen LogP) is 2.24. The number of nitrogens with zero attached hydrogens (tertiary/aromatic N) is 2. The fourth-order valence-corrected chi connectivity index (χ4v) is 3.09. The Morgan fingerprint density at radius 3 is 2.52 bits per heavy atom. The summed E-state index contributed by atoms with van der Waals surface area (Å²) in [6, 6.07) is 7.59. The highest BCUT2D eigenvalue weighted by atomic mass is 16.6. The molecular weight excluding hydrogens is 370 g/mol. The maximum Gasteiger partial charge on any atom is 0.409 e.